The Labute approximate surface area is 171 Å². The highest BCUT2D eigenvalue weighted by Gasteiger charge is 2.11. The zero-order valence-corrected chi connectivity index (χ0v) is 16.3. The van der Waals surface area contributed by atoms with Gasteiger partial charge in [0.05, 0.1) is 0 Å². The van der Waals surface area contributed by atoms with Crippen LogP contribution in [0.25, 0.3) is 0 Å². The summed E-state index contributed by atoms with van der Waals surface area (Å²) < 4.78 is 0. The number of benzene rings is 2. The molecule has 1 aliphatic rings. The summed E-state index contributed by atoms with van der Waals surface area (Å²) in [7, 11) is 0. The molecule has 1 aliphatic heterocycles. The molecule has 2 aromatic carbocycles. The van der Waals surface area contributed by atoms with Crippen LogP contribution < -0.4 is 15.5 Å². The van der Waals surface area contributed by atoms with E-state index in [1.807, 2.05) is 42.5 Å². The van der Waals surface area contributed by atoms with E-state index < -0.39 is 0 Å². The van der Waals surface area contributed by atoms with E-state index in [1.165, 1.54) is 24.9 Å². The summed E-state index contributed by atoms with van der Waals surface area (Å²) in [4.78, 5) is 23.4. The molecule has 6 heteroatoms. The maximum Gasteiger partial charge on any atom is 0.270 e. The van der Waals surface area contributed by atoms with Crippen molar-refractivity contribution in [1.29, 1.82) is 0 Å². The van der Waals surface area contributed by atoms with Gasteiger partial charge in [-0.15, -0.1) is 0 Å². The zero-order chi connectivity index (χ0) is 19.9. The first kappa shape index (κ1) is 18.9. The maximum absolute atomic E-state index is 12.4. The van der Waals surface area contributed by atoms with Crippen molar-refractivity contribution in [1.82, 2.24) is 15.3 Å². The second-order valence-corrected chi connectivity index (χ2v) is 7.15. The second kappa shape index (κ2) is 9.19. The van der Waals surface area contributed by atoms with Gasteiger partial charge in [0, 0.05) is 37.2 Å². The summed E-state index contributed by atoms with van der Waals surface area (Å²) in [6, 6.07) is 19.7. The average Bonchev–Trinajstić information content (AvgIpc) is 2.79. The fraction of sp³-hybridized carbons (Fsp3) is 0.261. The maximum atomic E-state index is 12.4. The molecule has 0 unspecified atom stereocenters. The van der Waals surface area contributed by atoms with Crippen LogP contribution in [0.1, 0.15) is 35.3 Å². The minimum atomic E-state index is -0.222. The van der Waals surface area contributed by atoms with Gasteiger partial charge >= 0.3 is 0 Å². The number of carbonyl (C=O) groups is 1. The Morgan fingerprint density at radius 1 is 0.931 bits per heavy atom. The van der Waals surface area contributed by atoms with Crippen LogP contribution in [0.2, 0.25) is 0 Å². The van der Waals surface area contributed by atoms with Crippen LogP contribution in [0.4, 0.5) is 17.3 Å². The molecule has 6 nitrogen and oxygen atoms in total. The standard InChI is InChI=1S/C23H25N5O/c29-22(25-17-18-7-3-1-4-8-18)21-13-14-24-23(27-21)26-19-9-11-20(12-10-19)28-15-5-2-6-16-28/h1,3-4,7-14H,2,5-6,15-17H2,(H,25,29)(H,24,26,27). The first-order chi connectivity index (χ1) is 14.3. The Morgan fingerprint density at radius 2 is 1.69 bits per heavy atom. The minimum absolute atomic E-state index is 0.222. The SMILES string of the molecule is O=C(NCc1ccccc1)c1ccnc(Nc2ccc(N3CCCCC3)cc2)n1. The van der Waals surface area contributed by atoms with E-state index >= 15 is 0 Å². The molecular formula is C23H25N5O. The van der Waals surface area contributed by atoms with Crippen LogP contribution >= 0.6 is 0 Å². The lowest BCUT2D eigenvalue weighted by Crippen LogP contribution is -2.29. The highest BCUT2D eigenvalue weighted by molar-refractivity contribution is 5.92. The molecule has 1 saturated heterocycles. The first-order valence-corrected chi connectivity index (χ1v) is 10.1. The number of hydrogen-bond donors (Lipinski definition) is 2. The summed E-state index contributed by atoms with van der Waals surface area (Å²) in [5.74, 6) is 0.183. The van der Waals surface area contributed by atoms with Gasteiger partial charge in [0.2, 0.25) is 5.95 Å². The number of nitrogens with zero attached hydrogens (tertiary/aromatic N) is 3. The Hall–Kier alpha value is -3.41. The molecule has 148 valence electrons. The van der Waals surface area contributed by atoms with Gasteiger partial charge in [0.15, 0.2) is 0 Å². The average molecular weight is 387 g/mol. The van der Waals surface area contributed by atoms with Crippen LogP contribution in [-0.4, -0.2) is 29.0 Å². The third-order valence-electron chi connectivity index (χ3n) is 5.03. The summed E-state index contributed by atoms with van der Waals surface area (Å²) in [5.41, 5.74) is 3.52. The van der Waals surface area contributed by atoms with Gasteiger partial charge in [0.25, 0.3) is 5.91 Å². The van der Waals surface area contributed by atoms with Gasteiger partial charge in [-0.3, -0.25) is 4.79 Å². The largest absolute Gasteiger partial charge is 0.372 e. The third-order valence-corrected chi connectivity index (χ3v) is 5.03. The molecule has 0 spiro atoms. The van der Waals surface area contributed by atoms with E-state index in [9.17, 15) is 4.79 Å². The van der Waals surface area contributed by atoms with Crippen molar-refractivity contribution in [3.8, 4) is 0 Å². The molecule has 0 bridgehead atoms. The van der Waals surface area contributed by atoms with Crippen molar-refractivity contribution in [3.63, 3.8) is 0 Å². The van der Waals surface area contributed by atoms with Gasteiger partial charge in [0.1, 0.15) is 5.69 Å². The van der Waals surface area contributed by atoms with Crippen LogP contribution in [0.15, 0.2) is 66.9 Å². The number of aromatic nitrogens is 2. The molecule has 0 saturated carbocycles. The molecule has 29 heavy (non-hydrogen) atoms. The summed E-state index contributed by atoms with van der Waals surface area (Å²) >= 11 is 0. The number of piperidine rings is 1. The lowest BCUT2D eigenvalue weighted by atomic mass is 10.1. The molecule has 0 atom stereocenters. The summed E-state index contributed by atoms with van der Waals surface area (Å²) in [5, 5.41) is 6.07. The van der Waals surface area contributed by atoms with Crippen molar-refractivity contribution in [2.24, 2.45) is 0 Å². The highest BCUT2D eigenvalue weighted by Crippen LogP contribution is 2.22. The Balaban J connectivity index is 1.37. The van der Waals surface area contributed by atoms with Crippen LogP contribution in [0.5, 0.6) is 0 Å². The number of amides is 1. The fourth-order valence-corrected chi connectivity index (χ4v) is 3.45. The highest BCUT2D eigenvalue weighted by atomic mass is 16.1. The van der Waals surface area contributed by atoms with E-state index in [-0.39, 0.29) is 5.91 Å². The minimum Gasteiger partial charge on any atom is -0.372 e. The topological polar surface area (TPSA) is 70.2 Å². The fourth-order valence-electron chi connectivity index (χ4n) is 3.45. The quantitative estimate of drug-likeness (QED) is 0.665. The second-order valence-electron chi connectivity index (χ2n) is 7.15. The number of rotatable bonds is 6. The molecule has 3 aromatic rings. The molecule has 1 amide bonds. The van der Waals surface area contributed by atoms with Crippen molar-refractivity contribution in [2.75, 3.05) is 23.3 Å². The lowest BCUT2D eigenvalue weighted by molar-refractivity contribution is 0.0946. The normalized spacial score (nSPS) is 13.7. The van der Waals surface area contributed by atoms with Gasteiger partial charge in [-0.05, 0) is 55.2 Å². The molecule has 0 aliphatic carbocycles. The summed E-state index contributed by atoms with van der Waals surface area (Å²) in [6.45, 7) is 2.70. The van der Waals surface area contributed by atoms with E-state index in [0.29, 0.717) is 18.2 Å². The monoisotopic (exact) mass is 387 g/mol. The lowest BCUT2D eigenvalue weighted by Gasteiger charge is -2.28. The third kappa shape index (κ3) is 5.10. The van der Waals surface area contributed by atoms with E-state index in [0.717, 1.165) is 24.3 Å². The van der Waals surface area contributed by atoms with Gasteiger partial charge < -0.3 is 15.5 Å². The van der Waals surface area contributed by atoms with Gasteiger partial charge in [-0.1, -0.05) is 30.3 Å². The first-order valence-electron chi connectivity index (χ1n) is 10.1. The van der Waals surface area contributed by atoms with E-state index in [2.05, 4.69) is 37.6 Å². The van der Waals surface area contributed by atoms with Crippen LogP contribution in [0, 0.1) is 0 Å². The van der Waals surface area contributed by atoms with Gasteiger partial charge in [-0.2, -0.15) is 0 Å². The van der Waals surface area contributed by atoms with Crippen molar-refractivity contribution < 1.29 is 4.79 Å². The molecule has 0 radical (unpaired) electrons. The van der Waals surface area contributed by atoms with Crippen molar-refractivity contribution in [3.05, 3.63) is 78.1 Å². The van der Waals surface area contributed by atoms with Crippen LogP contribution in [-0.2, 0) is 6.54 Å². The molecule has 2 heterocycles. The van der Waals surface area contributed by atoms with E-state index in [4.69, 9.17) is 0 Å². The van der Waals surface area contributed by atoms with Crippen LogP contribution in [0.3, 0.4) is 0 Å². The number of nitrogens with one attached hydrogen (secondary N) is 2. The smallest absolute Gasteiger partial charge is 0.270 e. The number of anilines is 3. The molecule has 4 rings (SSSR count). The Morgan fingerprint density at radius 3 is 2.45 bits per heavy atom. The predicted octanol–water partition coefficient (Wildman–Crippen LogP) is 4.14. The molecule has 1 aromatic heterocycles. The van der Waals surface area contributed by atoms with Gasteiger partial charge in [-0.25, -0.2) is 9.97 Å². The number of hydrogen-bond acceptors (Lipinski definition) is 5. The molecule has 1 fully saturated rings. The number of carbonyl (C=O) groups excluding carboxylic acids is 1. The van der Waals surface area contributed by atoms with Crippen molar-refractivity contribution in [2.45, 2.75) is 25.8 Å². The Bertz CT molecular complexity index is 937. The predicted molar refractivity (Wildman–Crippen MR) is 115 cm³/mol. The molecular weight excluding hydrogens is 362 g/mol. The molecule has 2 N–H and O–H groups in total. The van der Waals surface area contributed by atoms with E-state index in [1.54, 1.807) is 12.3 Å². The van der Waals surface area contributed by atoms with Crippen molar-refractivity contribution >= 4 is 23.2 Å². The Kier molecular flexibility index (Phi) is 6.00. The summed E-state index contributed by atoms with van der Waals surface area (Å²) in [6.07, 6.45) is 5.43. The zero-order valence-electron chi connectivity index (χ0n) is 16.3.